The van der Waals surface area contributed by atoms with Crippen molar-refractivity contribution >= 4 is 0 Å². The number of rotatable bonds is 4. The molecular weight excluding hydrogens is 222 g/mol. The lowest BCUT2D eigenvalue weighted by molar-refractivity contribution is 0.195. The van der Waals surface area contributed by atoms with Crippen LogP contribution in [-0.4, -0.2) is 31.6 Å². The largest absolute Gasteiger partial charge is 0.494 e. The summed E-state index contributed by atoms with van der Waals surface area (Å²) in [4.78, 5) is 2.43. The van der Waals surface area contributed by atoms with Crippen molar-refractivity contribution in [3.8, 4) is 5.75 Å². The second-order valence-electron chi connectivity index (χ2n) is 5.56. The molecule has 0 saturated carbocycles. The summed E-state index contributed by atoms with van der Waals surface area (Å²) in [5.74, 6) is 2.44. The van der Waals surface area contributed by atoms with E-state index in [-0.39, 0.29) is 0 Å². The van der Waals surface area contributed by atoms with Crippen molar-refractivity contribution in [3.63, 3.8) is 0 Å². The number of piperidine rings is 1. The minimum Gasteiger partial charge on any atom is -0.494 e. The number of benzene rings is 1. The lowest BCUT2D eigenvalue weighted by Crippen LogP contribution is -2.35. The van der Waals surface area contributed by atoms with E-state index in [1.807, 2.05) is 0 Å². The highest BCUT2D eigenvalue weighted by Gasteiger charge is 2.25. The summed E-state index contributed by atoms with van der Waals surface area (Å²) < 4.78 is 5.73. The highest BCUT2D eigenvalue weighted by Crippen LogP contribution is 2.33. The van der Waals surface area contributed by atoms with Crippen LogP contribution in [0.2, 0.25) is 0 Å². The molecule has 2 nitrogen and oxygen atoms in total. The van der Waals surface area contributed by atoms with Crippen molar-refractivity contribution in [1.82, 2.24) is 4.90 Å². The van der Waals surface area contributed by atoms with Crippen molar-refractivity contribution in [2.75, 3.05) is 26.7 Å². The summed E-state index contributed by atoms with van der Waals surface area (Å²) in [6, 6.07) is 8.69. The van der Waals surface area contributed by atoms with Crippen molar-refractivity contribution in [3.05, 3.63) is 29.8 Å². The molecule has 1 fully saturated rings. The van der Waals surface area contributed by atoms with Crippen molar-refractivity contribution in [1.29, 1.82) is 0 Å². The summed E-state index contributed by atoms with van der Waals surface area (Å²) in [6.45, 7) is 7.72. The predicted octanol–water partition coefficient (Wildman–Crippen LogP) is 3.53. The Morgan fingerprint density at radius 3 is 2.94 bits per heavy atom. The van der Waals surface area contributed by atoms with Gasteiger partial charge in [-0.15, -0.1) is 0 Å². The molecule has 0 aromatic heterocycles. The fourth-order valence-electron chi connectivity index (χ4n) is 2.90. The van der Waals surface area contributed by atoms with E-state index in [2.05, 4.69) is 50.1 Å². The molecule has 1 aromatic carbocycles. The Hall–Kier alpha value is -1.02. The SMILES string of the molecule is CCCOc1cccc(C2CCN(C)C[C@@H]2C)c1. The number of nitrogens with zero attached hydrogens (tertiary/aromatic N) is 1. The molecule has 0 radical (unpaired) electrons. The third-order valence-electron chi connectivity index (χ3n) is 3.87. The fraction of sp³-hybridized carbons (Fsp3) is 0.625. The average Bonchev–Trinajstić information content (AvgIpc) is 2.36. The lowest BCUT2D eigenvalue weighted by atomic mass is 9.82. The summed E-state index contributed by atoms with van der Waals surface area (Å²) >= 11 is 0. The van der Waals surface area contributed by atoms with Gasteiger partial charge in [0.15, 0.2) is 0 Å². The van der Waals surface area contributed by atoms with Crippen LogP contribution < -0.4 is 4.74 Å². The van der Waals surface area contributed by atoms with E-state index >= 15 is 0 Å². The average molecular weight is 247 g/mol. The molecule has 1 heterocycles. The topological polar surface area (TPSA) is 12.5 Å². The predicted molar refractivity (Wildman–Crippen MR) is 76.2 cm³/mol. The van der Waals surface area contributed by atoms with Gasteiger partial charge in [0.1, 0.15) is 5.75 Å². The zero-order valence-corrected chi connectivity index (χ0v) is 11.9. The van der Waals surface area contributed by atoms with Crippen LogP contribution in [0.25, 0.3) is 0 Å². The molecule has 0 N–H and O–H groups in total. The summed E-state index contributed by atoms with van der Waals surface area (Å²) in [5.41, 5.74) is 1.45. The quantitative estimate of drug-likeness (QED) is 0.807. The van der Waals surface area contributed by atoms with Crippen LogP contribution in [0.4, 0.5) is 0 Å². The Bertz CT molecular complexity index is 377. The van der Waals surface area contributed by atoms with Gasteiger partial charge in [-0.3, -0.25) is 0 Å². The van der Waals surface area contributed by atoms with Crippen molar-refractivity contribution in [2.45, 2.75) is 32.6 Å². The fourth-order valence-corrected chi connectivity index (χ4v) is 2.90. The van der Waals surface area contributed by atoms with Crippen molar-refractivity contribution < 1.29 is 4.74 Å². The smallest absolute Gasteiger partial charge is 0.119 e. The molecular formula is C16H25NO. The van der Waals surface area contributed by atoms with Gasteiger partial charge in [-0.1, -0.05) is 26.0 Å². The summed E-state index contributed by atoms with van der Waals surface area (Å²) in [5, 5.41) is 0. The van der Waals surface area contributed by atoms with Gasteiger partial charge in [-0.05, 0) is 56.0 Å². The molecule has 1 aromatic rings. The van der Waals surface area contributed by atoms with Crippen LogP contribution in [0.1, 0.15) is 38.2 Å². The zero-order chi connectivity index (χ0) is 13.0. The Morgan fingerprint density at radius 1 is 1.39 bits per heavy atom. The maximum absolute atomic E-state index is 5.73. The first kappa shape index (κ1) is 13.4. The van der Waals surface area contributed by atoms with E-state index in [1.165, 1.54) is 25.1 Å². The van der Waals surface area contributed by atoms with Gasteiger partial charge in [0, 0.05) is 6.54 Å². The van der Waals surface area contributed by atoms with Crippen LogP contribution >= 0.6 is 0 Å². The molecule has 1 aliphatic rings. The molecule has 18 heavy (non-hydrogen) atoms. The number of hydrogen-bond donors (Lipinski definition) is 0. The molecule has 1 saturated heterocycles. The highest BCUT2D eigenvalue weighted by atomic mass is 16.5. The van der Waals surface area contributed by atoms with E-state index < -0.39 is 0 Å². The first-order chi connectivity index (χ1) is 8.70. The molecule has 0 aliphatic carbocycles. The van der Waals surface area contributed by atoms with Crippen molar-refractivity contribution in [2.24, 2.45) is 5.92 Å². The summed E-state index contributed by atoms with van der Waals surface area (Å²) in [6.07, 6.45) is 2.32. The van der Waals surface area contributed by atoms with Crippen LogP contribution in [0, 0.1) is 5.92 Å². The van der Waals surface area contributed by atoms with E-state index in [4.69, 9.17) is 4.74 Å². The maximum atomic E-state index is 5.73. The first-order valence-corrected chi connectivity index (χ1v) is 7.12. The Kier molecular flexibility index (Phi) is 4.65. The third kappa shape index (κ3) is 3.26. The van der Waals surface area contributed by atoms with Gasteiger partial charge in [0.25, 0.3) is 0 Å². The Labute approximate surface area is 111 Å². The zero-order valence-electron chi connectivity index (χ0n) is 11.9. The number of ether oxygens (including phenoxy) is 1. The molecule has 100 valence electrons. The maximum Gasteiger partial charge on any atom is 0.119 e. The second-order valence-corrected chi connectivity index (χ2v) is 5.56. The van der Waals surface area contributed by atoms with E-state index in [0.717, 1.165) is 24.7 Å². The normalized spacial score (nSPS) is 25.1. The molecule has 0 bridgehead atoms. The molecule has 1 aliphatic heterocycles. The first-order valence-electron chi connectivity index (χ1n) is 7.12. The molecule has 2 rings (SSSR count). The van der Waals surface area contributed by atoms with E-state index in [1.54, 1.807) is 0 Å². The van der Waals surface area contributed by atoms with Gasteiger partial charge in [0.05, 0.1) is 6.61 Å². The van der Waals surface area contributed by atoms with Crippen LogP contribution in [0.15, 0.2) is 24.3 Å². The minimum absolute atomic E-state index is 0.686. The highest BCUT2D eigenvalue weighted by molar-refractivity contribution is 5.31. The molecule has 1 unspecified atom stereocenters. The van der Waals surface area contributed by atoms with Gasteiger partial charge >= 0.3 is 0 Å². The standard InChI is InChI=1S/C16H25NO/c1-4-10-18-15-7-5-6-14(11-15)16-8-9-17(3)12-13(16)2/h5-7,11,13,16H,4,8-10,12H2,1-3H3/t13-,16?/m0/s1. The second kappa shape index (κ2) is 6.24. The van der Waals surface area contributed by atoms with Crippen LogP contribution in [0.5, 0.6) is 5.75 Å². The minimum atomic E-state index is 0.686. The Morgan fingerprint density at radius 2 is 2.22 bits per heavy atom. The van der Waals surface area contributed by atoms with Crippen LogP contribution in [-0.2, 0) is 0 Å². The van der Waals surface area contributed by atoms with Gasteiger partial charge in [-0.25, -0.2) is 0 Å². The van der Waals surface area contributed by atoms with Gasteiger partial charge in [-0.2, -0.15) is 0 Å². The number of hydrogen-bond acceptors (Lipinski definition) is 2. The molecule has 0 spiro atoms. The Balaban J connectivity index is 2.07. The van der Waals surface area contributed by atoms with E-state index in [9.17, 15) is 0 Å². The molecule has 2 heteroatoms. The van der Waals surface area contributed by atoms with E-state index in [0.29, 0.717) is 5.92 Å². The molecule has 2 atom stereocenters. The summed E-state index contributed by atoms with van der Waals surface area (Å²) in [7, 11) is 2.22. The monoisotopic (exact) mass is 247 g/mol. The van der Waals surface area contributed by atoms with Gasteiger partial charge < -0.3 is 9.64 Å². The third-order valence-corrected chi connectivity index (χ3v) is 3.87. The van der Waals surface area contributed by atoms with Gasteiger partial charge in [0.2, 0.25) is 0 Å². The molecule has 0 amide bonds. The van der Waals surface area contributed by atoms with Crippen LogP contribution in [0.3, 0.4) is 0 Å². The number of likely N-dealkylation sites (tertiary alicyclic amines) is 1. The lowest BCUT2D eigenvalue weighted by Gasteiger charge is -2.35.